The Morgan fingerprint density at radius 2 is 0.919 bits per heavy atom. The molecule has 0 N–H and O–H groups in total. The van der Waals surface area contributed by atoms with E-state index in [1.54, 1.807) is 0 Å². The summed E-state index contributed by atoms with van der Waals surface area (Å²) in [6.07, 6.45) is 0. The van der Waals surface area contributed by atoms with E-state index in [0.29, 0.717) is 0 Å². The molecule has 0 spiro atoms. The predicted octanol–water partition coefficient (Wildman–Crippen LogP) is 17.0. The molecule has 0 unspecified atom stereocenters. The Morgan fingerprint density at radius 1 is 0.323 bits per heavy atom. The summed E-state index contributed by atoms with van der Waals surface area (Å²) in [5.74, 6) is 0. The molecule has 0 atom stereocenters. The topological polar surface area (TPSA) is 10.9 Å². The van der Waals surface area contributed by atoms with Crippen LogP contribution in [-0.2, 0) is 0 Å². The van der Waals surface area contributed by atoms with Crippen LogP contribution >= 0.6 is 11.3 Å². The van der Waals surface area contributed by atoms with Gasteiger partial charge in [-0.1, -0.05) is 146 Å². The van der Waals surface area contributed by atoms with Gasteiger partial charge < -0.3 is 14.2 Å². The minimum atomic E-state index is 1.07. The standard InChI is InChI=1S/C58H37N3S/c1-4-16-38(17-5-1)40-34-44(59(41-20-6-2-7-21-41)43-30-31-48-47-25-11-13-29-54(47)62-55(48)37-43)36-45(35-40)60(42-22-8-3-9-23-42)53-33-32-49-46-24-10-12-27-51(46)61-52-28-15-19-39-18-14-26-50(56(39)52)57(53)58(49)61/h1-37H. The van der Waals surface area contributed by atoms with Gasteiger partial charge in [-0.25, -0.2) is 0 Å². The van der Waals surface area contributed by atoms with Crippen LogP contribution in [0.15, 0.2) is 224 Å². The van der Waals surface area contributed by atoms with Gasteiger partial charge in [0, 0.05) is 70.2 Å². The van der Waals surface area contributed by atoms with Gasteiger partial charge in [0.05, 0.1) is 22.2 Å². The smallest absolute Gasteiger partial charge is 0.0641 e. The van der Waals surface area contributed by atoms with E-state index in [1.807, 2.05) is 11.3 Å². The van der Waals surface area contributed by atoms with E-state index in [9.17, 15) is 0 Å². The summed E-state index contributed by atoms with van der Waals surface area (Å²) in [5, 5.41) is 10.1. The largest absolute Gasteiger partial charge is 0.310 e. The average molecular weight is 808 g/mol. The molecular weight excluding hydrogens is 771 g/mol. The number of para-hydroxylation sites is 3. The van der Waals surface area contributed by atoms with Gasteiger partial charge in [-0.2, -0.15) is 0 Å². The molecule has 0 amide bonds. The van der Waals surface area contributed by atoms with E-state index in [-0.39, 0.29) is 0 Å². The maximum absolute atomic E-state index is 2.51. The Bertz CT molecular complexity index is 3810. The number of hydrogen-bond donors (Lipinski definition) is 0. The van der Waals surface area contributed by atoms with Gasteiger partial charge in [0.1, 0.15) is 0 Å². The first-order valence-corrected chi connectivity index (χ1v) is 22.0. The first kappa shape index (κ1) is 34.9. The van der Waals surface area contributed by atoms with Gasteiger partial charge in [0.15, 0.2) is 0 Å². The van der Waals surface area contributed by atoms with Crippen LogP contribution in [0, 0.1) is 0 Å². The van der Waals surface area contributed by atoms with Crippen LogP contribution in [0.5, 0.6) is 0 Å². The van der Waals surface area contributed by atoms with Crippen molar-refractivity contribution in [1.82, 2.24) is 4.40 Å². The highest BCUT2D eigenvalue weighted by Crippen LogP contribution is 2.50. The number of nitrogens with zero attached hydrogens (tertiary/aromatic N) is 3. The maximum Gasteiger partial charge on any atom is 0.0641 e. The molecule has 0 saturated carbocycles. The van der Waals surface area contributed by atoms with Crippen molar-refractivity contribution >= 4 is 115 Å². The zero-order chi connectivity index (χ0) is 40.7. The second-order valence-corrected chi connectivity index (χ2v) is 17.2. The molecule has 0 aliphatic carbocycles. The first-order valence-electron chi connectivity index (χ1n) is 21.2. The quantitative estimate of drug-likeness (QED) is 0.117. The summed E-state index contributed by atoms with van der Waals surface area (Å²) in [4.78, 5) is 4.91. The Labute approximate surface area is 362 Å². The van der Waals surface area contributed by atoms with Crippen LogP contribution in [0.4, 0.5) is 34.1 Å². The molecule has 0 aliphatic heterocycles. The van der Waals surface area contributed by atoms with E-state index in [1.165, 1.54) is 69.0 Å². The molecule has 10 aromatic carbocycles. The molecule has 3 aromatic heterocycles. The van der Waals surface area contributed by atoms with Crippen molar-refractivity contribution in [1.29, 1.82) is 0 Å². The minimum Gasteiger partial charge on any atom is -0.310 e. The number of thiophene rings is 1. The van der Waals surface area contributed by atoms with Gasteiger partial charge >= 0.3 is 0 Å². The molecule has 0 saturated heterocycles. The van der Waals surface area contributed by atoms with Crippen LogP contribution in [0.1, 0.15) is 0 Å². The van der Waals surface area contributed by atoms with E-state index < -0.39 is 0 Å². The molecule has 62 heavy (non-hydrogen) atoms. The first-order chi connectivity index (χ1) is 30.8. The summed E-state index contributed by atoms with van der Waals surface area (Å²) >= 11 is 1.86. The third-order valence-electron chi connectivity index (χ3n) is 12.6. The highest BCUT2D eigenvalue weighted by atomic mass is 32.1. The van der Waals surface area contributed by atoms with Crippen molar-refractivity contribution < 1.29 is 0 Å². The third-order valence-corrected chi connectivity index (χ3v) is 13.8. The molecule has 0 bridgehead atoms. The Kier molecular flexibility index (Phi) is 7.78. The fourth-order valence-corrected chi connectivity index (χ4v) is 11.1. The van der Waals surface area contributed by atoms with Crippen LogP contribution in [0.25, 0.3) is 80.2 Å². The van der Waals surface area contributed by atoms with E-state index in [2.05, 4.69) is 239 Å². The average Bonchev–Trinajstić information content (AvgIpc) is 3.88. The van der Waals surface area contributed by atoms with Crippen molar-refractivity contribution in [2.24, 2.45) is 0 Å². The monoisotopic (exact) mass is 807 g/mol. The summed E-state index contributed by atoms with van der Waals surface area (Å²) in [5.41, 5.74) is 12.5. The van der Waals surface area contributed by atoms with Crippen molar-refractivity contribution in [3.63, 3.8) is 0 Å². The van der Waals surface area contributed by atoms with Gasteiger partial charge in [0.2, 0.25) is 0 Å². The number of pyridine rings is 1. The Hall–Kier alpha value is -7.92. The zero-order valence-electron chi connectivity index (χ0n) is 33.6. The Balaban J connectivity index is 1.13. The molecule has 3 nitrogen and oxygen atoms in total. The fraction of sp³-hybridized carbons (Fsp3) is 0. The van der Waals surface area contributed by atoms with Crippen molar-refractivity contribution in [3.8, 4) is 11.1 Å². The summed E-state index contributed by atoms with van der Waals surface area (Å²) in [6.45, 7) is 0. The minimum absolute atomic E-state index is 1.07. The molecule has 13 aromatic rings. The highest BCUT2D eigenvalue weighted by Gasteiger charge is 2.25. The van der Waals surface area contributed by atoms with E-state index in [4.69, 9.17) is 0 Å². The van der Waals surface area contributed by atoms with Crippen molar-refractivity contribution in [2.75, 3.05) is 9.80 Å². The van der Waals surface area contributed by atoms with Crippen LogP contribution in [0.2, 0.25) is 0 Å². The van der Waals surface area contributed by atoms with Gasteiger partial charge in [-0.3, -0.25) is 0 Å². The van der Waals surface area contributed by atoms with Crippen molar-refractivity contribution in [3.05, 3.63) is 224 Å². The number of hydrogen-bond acceptors (Lipinski definition) is 3. The van der Waals surface area contributed by atoms with Crippen molar-refractivity contribution in [2.45, 2.75) is 0 Å². The van der Waals surface area contributed by atoms with Crippen LogP contribution in [0.3, 0.4) is 0 Å². The molecule has 0 aliphatic rings. The lowest BCUT2D eigenvalue weighted by atomic mass is 9.97. The summed E-state index contributed by atoms with van der Waals surface area (Å²) in [7, 11) is 0. The fourth-order valence-electron chi connectivity index (χ4n) is 10.00. The third kappa shape index (κ3) is 5.30. The summed E-state index contributed by atoms with van der Waals surface area (Å²) in [6, 6.07) is 82.4. The van der Waals surface area contributed by atoms with Gasteiger partial charge in [-0.05, 0) is 101 Å². The second-order valence-electron chi connectivity index (χ2n) is 16.1. The normalized spacial score (nSPS) is 11.9. The van der Waals surface area contributed by atoms with E-state index >= 15 is 0 Å². The highest BCUT2D eigenvalue weighted by molar-refractivity contribution is 7.25. The number of rotatable bonds is 7. The van der Waals surface area contributed by atoms with Gasteiger partial charge in [0.25, 0.3) is 0 Å². The molecular formula is C58H37N3S. The molecule has 0 radical (unpaired) electrons. The Morgan fingerprint density at radius 3 is 1.71 bits per heavy atom. The zero-order valence-corrected chi connectivity index (χ0v) is 34.4. The van der Waals surface area contributed by atoms with E-state index in [0.717, 1.165) is 45.3 Å². The second kappa shape index (κ2) is 13.8. The number of aromatic nitrogens is 1. The molecule has 4 heteroatoms. The maximum atomic E-state index is 2.51. The summed E-state index contributed by atoms with van der Waals surface area (Å²) < 4.78 is 5.08. The lowest BCUT2D eigenvalue weighted by molar-refractivity contribution is 1.26. The molecule has 0 fully saturated rings. The predicted molar refractivity (Wildman–Crippen MR) is 266 cm³/mol. The lowest BCUT2D eigenvalue weighted by Crippen LogP contribution is -2.14. The number of fused-ring (bicyclic) bond motifs is 8. The molecule has 3 heterocycles. The molecule has 13 rings (SSSR count). The number of anilines is 6. The molecule has 290 valence electrons. The van der Waals surface area contributed by atoms with Gasteiger partial charge in [-0.15, -0.1) is 11.3 Å². The SMILES string of the molecule is c1ccc(-c2cc(N(c3ccccc3)c3ccc4c(c3)sc3ccccc34)cc(N(c3ccccc3)c3ccc4c5ccccc5n5c6cccc7cccc(c3c45)c76)c2)cc1. The number of benzene rings is 10. The van der Waals surface area contributed by atoms with Crippen LogP contribution < -0.4 is 9.80 Å². The van der Waals surface area contributed by atoms with Crippen LogP contribution in [-0.4, -0.2) is 4.40 Å². The lowest BCUT2D eigenvalue weighted by Gasteiger charge is -2.31.